The monoisotopic (exact) mass is 197 g/mol. The number of hydrogen-bond acceptors (Lipinski definition) is 4. The van der Waals surface area contributed by atoms with Gasteiger partial charge in [0, 0.05) is 13.0 Å². The molecule has 0 aromatic carbocycles. The van der Waals surface area contributed by atoms with Crippen molar-refractivity contribution in [2.24, 2.45) is 13.0 Å². The minimum Gasteiger partial charge on any atom is -0.298 e. The van der Waals surface area contributed by atoms with Gasteiger partial charge in [-0.15, -0.1) is 0 Å². The molecule has 0 unspecified atom stereocenters. The van der Waals surface area contributed by atoms with Crippen molar-refractivity contribution in [3.8, 4) is 0 Å². The van der Waals surface area contributed by atoms with E-state index in [1.807, 2.05) is 7.05 Å². The van der Waals surface area contributed by atoms with E-state index >= 15 is 0 Å². The molecule has 1 aromatic heterocycles. The van der Waals surface area contributed by atoms with Crippen LogP contribution in [0.15, 0.2) is 11.5 Å². The lowest BCUT2D eigenvalue weighted by molar-refractivity contribution is -0.117. The SMILES string of the molecule is Cn1ncnc1SCC(=O)C1CC1. The topological polar surface area (TPSA) is 47.8 Å². The number of ketones is 1. The van der Waals surface area contributed by atoms with Gasteiger partial charge < -0.3 is 0 Å². The van der Waals surface area contributed by atoms with Crippen LogP contribution in [0.5, 0.6) is 0 Å². The van der Waals surface area contributed by atoms with Crippen LogP contribution in [0, 0.1) is 5.92 Å². The number of thioether (sulfide) groups is 1. The van der Waals surface area contributed by atoms with Gasteiger partial charge in [0.2, 0.25) is 0 Å². The van der Waals surface area contributed by atoms with Gasteiger partial charge in [0.1, 0.15) is 12.1 Å². The molecule has 1 aliphatic rings. The Kier molecular flexibility index (Phi) is 2.35. The van der Waals surface area contributed by atoms with E-state index in [0.29, 0.717) is 17.5 Å². The summed E-state index contributed by atoms with van der Waals surface area (Å²) in [7, 11) is 1.83. The third kappa shape index (κ3) is 2.09. The molecule has 0 spiro atoms. The summed E-state index contributed by atoms with van der Waals surface area (Å²) in [4.78, 5) is 15.4. The third-order valence-corrected chi connectivity index (χ3v) is 3.10. The van der Waals surface area contributed by atoms with Crippen LogP contribution in [0.3, 0.4) is 0 Å². The molecule has 13 heavy (non-hydrogen) atoms. The van der Waals surface area contributed by atoms with E-state index in [4.69, 9.17) is 0 Å². The fourth-order valence-electron chi connectivity index (χ4n) is 1.08. The zero-order valence-corrected chi connectivity index (χ0v) is 8.25. The molecule has 0 N–H and O–H groups in total. The third-order valence-electron chi connectivity index (χ3n) is 2.05. The van der Waals surface area contributed by atoms with Crippen molar-refractivity contribution < 1.29 is 4.79 Å². The molecule has 4 nitrogen and oxygen atoms in total. The first-order chi connectivity index (χ1) is 6.27. The first-order valence-corrected chi connectivity index (χ1v) is 5.25. The summed E-state index contributed by atoms with van der Waals surface area (Å²) in [5, 5.41) is 4.74. The fourth-order valence-corrected chi connectivity index (χ4v) is 1.94. The highest BCUT2D eigenvalue weighted by Gasteiger charge is 2.29. The Morgan fingerprint density at radius 2 is 2.54 bits per heavy atom. The minimum atomic E-state index is 0.348. The number of hydrogen-bond donors (Lipinski definition) is 0. The molecule has 0 atom stereocenters. The molecule has 0 amide bonds. The van der Waals surface area contributed by atoms with Crippen molar-refractivity contribution in [3.05, 3.63) is 6.33 Å². The highest BCUT2D eigenvalue weighted by Crippen LogP contribution is 2.31. The van der Waals surface area contributed by atoms with Gasteiger partial charge in [0.25, 0.3) is 0 Å². The molecule has 1 saturated carbocycles. The van der Waals surface area contributed by atoms with Crippen LogP contribution in [0.2, 0.25) is 0 Å². The summed E-state index contributed by atoms with van der Waals surface area (Å²) in [6, 6.07) is 0. The zero-order chi connectivity index (χ0) is 9.26. The van der Waals surface area contributed by atoms with Crippen molar-refractivity contribution in [1.29, 1.82) is 0 Å². The lowest BCUT2D eigenvalue weighted by Crippen LogP contribution is -2.04. The molecule has 1 aromatic rings. The van der Waals surface area contributed by atoms with Gasteiger partial charge in [-0.25, -0.2) is 9.67 Å². The van der Waals surface area contributed by atoms with Gasteiger partial charge in [0.15, 0.2) is 5.16 Å². The van der Waals surface area contributed by atoms with Crippen molar-refractivity contribution in [1.82, 2.24) is 14.8 Å². The van der Waals surface area contributed by atoms with Gasteiger partial charge in [-0.3, -0.25) is 4.79 Å². The molecular weight excluding hydrogens is 186 g/mol. The normalized spacial score (nSPS) is 16.1. The predicted octanol–water partition coefficient (Wildman–Crippen LogP) is 0.886. The molecule has 5 heteroatoms. The van der Waals surface area contributed by atoms with Gasteiger partial charge in [-0.2, -0.15) is 5.10 Å². The smallest absolute Gasteiger partial charge is 0.186 e. The first-order valence-electron chi connectivity index (χ1n) is 4.27. The second-order valence-corrected chi connectivity index (χ2v) is 4.14. The molecule has 0 saturated heterocycles. The van der Waals surface area contributed by atoms with Crippen molar-refractivity contribution in [3.63, 3.8) is 0 Å². The summed E-state index contributed by atoms with van der Waals surface area (Å²) in [6.07, 6.45) is 3.67. The number of carbonyl (C=O) groups is 1. The van der Waals surface area contributed by atoms with Crippen LogP contribution in [-0.4, -0.2) is 26.3 Å². The maximum absolute atomic E-state index is 11.3. The fraction of sp³-hybridized carbons (Fsp3) is 0.625. The number of carbonyl (C=O) groups excluding carboxylic acids is 1. The number of nitrogens with zero attached hydrogens (tertiary/aromatic N) is 3. The van der Waals surface area contributed by atoms with E-state index in [0.717, 1.165) is 18.0 Å². The van der Waals surface area contributed by atoms with Crippen LogP contribution in [-0.2, 0) is 11.8 Å². The average Bonchev–Trinajstić information content (AvgIpc) is 2.88. The highest BCUT2D eigenvalue weighted by molar-refractivity contribution is 7.99. The van der Waals surface area contributed by atoms with E-state index in [9.17, 15) is 4.79 Å². The average molecular weight is 197 g/mol. The van der Waals surface area contributed by atoms with Crippen LogP contribution in [0.4, 0.5) is 0 Å². The Labute approximate surface area is 80.7 Å². The maximum atomic E-state index is 11.3. The summed E-state index contributed by atoms with van der Waals surface area (Å²) < 4.78 is 1.69. The lowest BCUT2D eigenvalue weighted by Gasteiger charge is -1.98. The van der Waals surface area contributed by atoms with E-state index < -0.39 is 0 Å². The van der Waals surface area contributed by atoms with Crippen LogP contribution < -0.4 is 0 Å². The molecular formula is C8H11N3OS. The number of Topliss-reactive ketones (excluding diaryl/α,β-unsaturated/α-hetero) is 1. The summed E-state index contributed by atoms with van der Waals surface area (Å²) in [6.45, 7) is 0. The molecule has 2 rings (SSSR count). The summed E-state index contributed by atoms with van der Waals surface area (Å²) >= 11 is 1.47. The molecule has 1 fully saturated rings. The second-order valence-electron chi connectivity index (χ2n) is 3.20. The van der Waals surface area contributed by atoms with Crippen molar-refractivity contribution in [2.75, 3.05) is 5.75 Å². The van der Waals surface area contributed by atoms with Crippen LogP contribution in [0.1, 0.15) is 12.8 Å². The minimum absolute atomic E-state index is 0.348. The van der Waals surface area contributed by atoms with E-state index in [1.165, 1.54) is 18.1 Å². The van der Waals surface area contributed by atoms with Gasteiger partial charge in [-0.05, 0) is 12.8 Å². The van der Waals surface area contributed by atoms with Gasteiger partial charge in [0.05, 0.1) is 5.75 Å². The molecule has 0 radical (unpaired) electrons. The standard InChI is InChI=1S/C8H11N3OS/c1-11-8(9-5-10-11)13-4-7(12)6-2-3-6/h5-6H,2-4H2,1H3. The molecule has 0 bridgehead atoms. The Morgan fingerprint density at radius 1 is 1.77 bits per heavy atom. The summed E-state index contributed by atoms with van der Waals surface area (Å²) in [5.74, 6) is 1.24. The maximum Gasteiger partial charge on any atom is 0.186 e. The van der Waals surface area contributed by atoms with E-state index in [2.05, 4.69) is 10.1 Å². The number of rotatable bonds is 4. The van der Waals surface area contributed by atoms with Gasteiger partial charge >= 0.3 is 0 Å². The quantitative estimate of drug-likeness (QED) is 0.672. The molecule has 1 aliphatic carbocycles. The van der Waals surface area contributed by atoms with E-state index in [1.54, 1.807) is 4.68 Å². The predicted molar refractivity (Wildman–Crippen MR) is 49.5 cm³/mol. The zero-order valence-electron chi connectivity index (χ0n) is 7.43. The van der Waals surface area contributed by atoms with Crippen LogP contribution in [0.25, 0.3) is 0 Å². The van der Waals surface area contributed by atoms with Crippen molar-refractivity contribution in [2.45, 2.75) is 18.0 Å². The molecule has 1 heterocycles. The number of aromatic nitrogens is 3. The Bertz CT molecular complexity index is 319. The molecule has 70 valence electrons. The van der Waals surface area contributed by atoms with E-state index in [-0.39, 0.29) is 0 Å². The second kappa shape index (κ2) is 3.49. The lowest BCUT2D eigenvalue weighted by atomic mass is 10.3. The first kappa shape index (κ1) is 8.74. The Balaban J connectivity index is 1.85. The Morgan fingerprint density at radius 3 is 3.08 bits per heavy atom. The van der Waals surface area contributed by atoms with Crippen LogP contribution >= 0.6 is 11.8 Å². The summed E-state index contributed by atoms with van der Waals surface area (Å²) in [5.41, 5.74) is 0. The number of aryl methyl sites for hydroxylation is 1. The van der Waals surface area contributed by atoms with Gasteiger partial charge in [-0.1, -0.05) is 11.8 Å². The largest absolute Gasteiger partial charge is 0.298 e. The highest BCUT2D eigenvalue weighted by atomic mass is 32.2. The van der Waals surface area contributed by atoms with Crippen molar-refractivity contribution >= 4 is 17.5 Å². The molecule has 0 aliphatic heterocycles. The Hall–Kier alpha value is -0.840.